The van der Waals surface area contributed by atoms with Crippen molar-refractivity contribution < 1.29 is 4.39 Å². The Hall–Kier alpha value is -2.73. The number of rotatable bonds is 4. The molecule has 0 amide bonds. The maximum Gasteiger partial charge on any atom is 0.136 e. The topological polar surface area (TPSA) is 37.2 Å². The molecule has 5 nitrogen and oxygen atoms in total. The molecule has 3 aromatic rings. The molecule has 4 rings (SSSR count). The number of nitrogens with zero attached hydrogens (tertiary/aromatic N) is 5. The van der Waals surface area contributed by atoms with Crippen LogP contribution in [0.4, 0.5) is 10.2 Å². The SMILES string of the molecule is Cc1nn(C)cc1CN1CCN(c2ncccc2-c2ccc(F)cc2)CC1. The number of hydrogen-bond acceptors (Lipinski definition) is 4. The number of aryl methyl sites for hydroxylation is 2. The number of halogens is 1. The van der Waals surface area contributed by atoms with E-state index in [1.54, 1.807) is 0 Å². The number of hydrogen-bond donors (Lipinski definition) is 0. The van der Waals surface area contributed by atoms with Crippen LogP contribution in [-0.2, 0) is 13.6 Å². The molecule has 0 spiro atoms. The number of piperazine rings is 1. The molecular formula is C21H24FN5. The van der Waals surface area contributed by atoms with E-state index < -0.39 is 0 Å². The second-order valence-electron chi connectivity index (χ2n) is 7.06. The number of anilines is 1. The highest BCUT2D eigenvalue weighted by atomic mass is 19.1. The van der Waals surface area contributed by atoms with Gasteiger partial charge in [0.2, 0.25) is 0 Å². The zero-order chi connectivity index (χ0) is 18.8. The van der Waals surface area contributed by atoms with Gasteiger partial charge in [0, 0.05) is 63.3 Å². The van der Waals surface area contributed by atoms with Gasteiger partial charge in [0.1, 0.15) is 11.6 Å². The molecule has 1 aliphatic heterocycles. The van der Waals surface area contributed by atoms with Crippen molar-refractivity contribution in [2.45, 2.75) is 13.5 Å². The smallest absolute Gasteiger partial charge is 0.136 e. The molecule has 2 aromatic heterocycles. The molecule has 0 saturated carbocycles. The molecule has 0 unspecified atom stereocenters. The van der Waals surface area contributed by atoms with Gasteiger partial charge in [0.15, 0.2) is 0 Å². The molecule has 0 radical (unpaired) electrons. The lowest BCUT2D eigenvalue weighted by Crippen LogP contribution is -2.46. The second kappa shape index (κ2) is 7.48. The minimum atomic E-state index is -0.219. The predicted octanol–water partition coefficient (Wildman–Crippen LogP) is 3.25. The van der Waals surface area contributed by atoms with Crippen LogP contribution in [0.5, 0.6) is 0 Å². The van der Waals surface area contributed by atoms with E-state index in [2.05, 4.69) is 39.1 Å². The molecule has 3 heterocycles. The van der Waals surface area contributed by atoms with Gasteiger partial charge in [-0.1, -0.05) is 12.1 Å². The molecule has 0 atom stereocenters. The van der Waals surface area contributed by atoms with E-state index in [0.29, 0.717) is 0 Å². The van der Waals surface area contributed by atoms with E-state index in [9.17, 15) is 4.39 Å². The Balaban J connectivity index is 1.47. The summed E-state index contributed by atoms with van der Waals surface area (Å²) in [4.78, 5) is 9.41. The average molecular weight is 365 g/mol. The minimum absolute atomic E-state index is 0.219. The van der Waals surface area contributed by atoms with Gasteiger partial charge < -0.3 is 4.90 Å². The molecule has 0 N–H and O–H groups in total. The van der Waals surface area contributed by atoms with Crippen molar-refractivity contribution in [2.24, 2.45) is 7.05 Å². The van der Waals surface area contributed by atoms with Crippen LogP contribution in [0.15, 0.2) is 48.8 Å². The lowest BCUT2D eigenvalue weighted by molar-refractivity contribution is 0.249. The first kappa shape index (κ1) is 17.7. The van der Waals surface area contributed by atoms with Gasteiger partial charge in [0.25, 0.3) is 0 Å². The van der Waals surface area contributed by atoms with Gasteiger partial charge in [-0.25, -0.2) is 9.37 Å². The fourth-order valence-corrected chi connectivity index (χ4v) is 3.67. The van der Waals surface area contributed by atoms with Gasteiger partial charge in [-0.2, -0.15) is 5.10 Å². The van der Waals surface area contributed by atoms with Crippen LogP contribution in [0.25, 0.3) is 11.1 Å². The highest BCUT2D eigenvalue weighted by molar-refractivity contribution is 5.75. The number of pyridine rings is 1. The fraction of sp³-hybridized carbons (Fsp3) is 0.333. The Morgan fingerprint density at radius 2 is 1.78 bits per heavy atom. The van der Waals surface area contributed by atoms with Crippen LogP contribution in [-0.4, -0.2) is 45.8 Å². The summed E-state index contributed by atoms with van der Waals surface area (Å²) in [5.74, 6) is 0.754. The van der Waals surface area contributed by atoms with Crippen molar-refractivity contribution in [2.75, 3.05) is 31.1 Å². The maximum absolute atomic E-state index is 13.3. The van der Waals surface area contributed by atoms with Gasteiger partial charge >= 0.3 is 0 Å². The Morgan fingerprint density at radius 3 is 2.44 bits per heavy atom. The molecule has 0 aliphatic carbocycles. The molecule has 1 saturated heterocycles. The van der Waals surface area contributed by atoms with Crippen LogP contribution in [0.1, 0.15) is 11.3 Å². The number of benzene rings is 1. The standard InChI is InChI=1S/C21H24FN5/c1-16-18(14-25(2)24-16)15-26-10-12-27(13-11-26)21-20(4-3-9-23-21)17-5-7-19(22)8-6-17/h3-9,14H,10-13,15H2,1-2H3. The summed E-state index contributed by atoms with van der Waals surface area (Å²) in [6.07, 6.45) is 3.93. The summed E-state index contributed by atoms with van der Waals surface area (Å²) in [5, 5.41) is 4.43. The lowest BCUT2D eigenvalue weighted by atomic mass is 10.1. The van der Waals surface area contributed by atoms with E-state index in [1.165, 1.54) is 17.7 Å². The van der Waals surface area contributed by atoms with Crippen LogP contribution in [0.3, 0.4) is 0 Å². The number of aromatic nitrogens is 3. The van der Waals surface area contributed by atoms with Crippen molar-refractivity contribution >= 4 is 5.82 Å². The van der Waals surface area contributed by atoms with Gasteiger partial charge in [-0.3, -0.25) is 9.58 Å². The summed E-state index contributed by atoms with van der Waals surface area (Å²) < 4.78 is 15.2. The van der Waals surface area contributed by atoms with Gasteiger partial charge in [-0.05, 0) is 36.8 Å². The highest BCUT2D eigenvalue weighted by Crippen LogP contribution is 2.29. The zero-order valence-electron chi connectivity index (χ0n) is 15.8. The molecule has 1 aromatic carbocycles. The highest BCUT2D eigenvalue weighted by Gasteiger charge is 2.21. The molecule has 6 heteroatoms. The molecule has 0 bridgehead atoms. The molecular weight excluding hydrogens is 341 g/mol. The largest absolute Gasteiger partial charge is 0.354 e. The first-order valence-corrected chi connectivity index (χ1v) is 9.27. The quantitative estimate of drug-likeness (QED) is 0.711. The summed E-state index contributed by atoms with van der Waals surface area (Å²) in [5.41, 5.74) is 4.43. The fourth-order valence-electron chi connectivity index (χ4n) is 3.67. The van der Waals surface area contributed by atoms with Crippen LogP contribution in [0.2, 0.25) is 0 Å². The predicted molar refractivity (Wildman–Crippen MR) is 105 cm³/mol. The molecule has 1 aliphatic rings. The first-order valence-electron chi connectivity index (χ1n) is 9.27. The third-order valence-corrected chi connectivity index (χ3v) is 5.12. The zero-order valence-corrected chi connectivity index (χ0v) is 15.8. The summed E-state index contributed by atoms with van der Waals surface area (Å²) in [7, 11) is 1.96. The summed E-state index contributed by atoms with van der Waals surface area (Å²) in [6.45, 7) is 6.80. The monoisotopic (exact) mass is 365 g/mol. The normalized spacial score (nSPS) is 15.3. The minimum Gasteiger partial charge on any atom is -0.354 e. The Bertz CT molecular complexity index is 911. The Kier molecular flexibility index (Phi) is 4.90. The van der Waals surface area contributed by atoms with Gasteiger partial charge in [-0.15, -0.1) is 0 Å². The van der Waals surface area contributed by atoms with E-state index >= 15 is 0 Å². The third-order valence-electron chi connectivity index (χ3n) is 5.12. The summed E-state index contributed by atoms with van der Waals surface area (Å²) in [6, 6.07) is 10.6. The van der Waals surface area contributed by atoms with Crippen LogP contribution in [0, 0.1) is 12.7 Å². The Labute approximate surface area is 159 Å². The maximum atomic E-state index is 13.3. The first-order chi connectivity index (χ1) is 13.1. The van der Waals surface area contributed by atoms with E-state index in [4.69, 9.17) is 0 Å². The van der Waals surface area contributed by atoms with Crippen molar-refractivity contribution in [3.63, 3.8) is 0 Å². The van der Waals surface area contributed by atoms with Crippen LogP contribution >= 0.6 is 0 Å². The van der Waals surface area contributed by atoms with E-state index in [1.807, 2.05) is 36.1 Å². The van der Waals surface area contributed by atoms with Crippen molar-refractivity contribution in [1.29, 1.82) is 0 Å². The van der Waals surface area contributed by atoms with Crippen molar-refractivity contribution in [3.8, 4) is 11.1 Å². The van der Waals surface area contributed by atoms with Crippen molar-refractivity contribution in [3.05, 3.63) is 65.9 Å². The molecule has 27 heavy (non-hydrogen) atoms. The molecule has 140 valence electrons. The lowest BCUT2D eigenvalue weighted by Gasteiger charge is -2.36. The Morgan fingerprint density at radius 1 is 1.04 bits per heavy atom. The third kappa shape index (κ3) is 3.85. The summed E-state index contributed by atoms with van der Waals surface area (Å²) >= 11 is 0. The van der Waals surface area contributed by atoms with Crippen LogP contribution < -0.4 is 4.90 Å². The molecule has 1 fully saturated rings. The average Bonchev–Trinajstić information content (AvgIpc) is 3.00. The second-order valence-corrected chi connectivity index (χ2v) is 7.06. The van der Waals surface area contributed by atoms with E-state index in [0.717, 1.165) is 55.4 Å². The van der Waals surface area contributed by atoms with Crippen molar-refractivity contribution in [1.82, 2.24) is 19.7 Å². The van der Waals surface area contributed by atoms with Gasteiger partial charge in [0.05, 0.1) is 5.69 Å². The van der Waals surface area contributed by atoms with E-state index in [-0.39, 0.29) is 5.82 Å².